The molecule has 0 amide bonds. The Morgan fingerprint density at radius 2 is 2.26 bits per heavy atom. The number of anilines is 1. The van der Waals surface area contributed by atoms with Crippen molar-refractivity contribution in [3.05, 3.63) is 45.4 Å². The minimum atomic E-state index is -1.19. The fourth-order valence-electron chi connectivity index (χ4n) is 3.13. The van der Waals surface area contributed by atoms with E-state index in [1.54, 1.807) is 18.4 Å². The van der Waals surface area contributed by atoms with E-state index in [-0.39, 0.29) is 29.5 Å². The van der Waals surface area contributed by atoms with Gasteiger partial charge in [0.25, 0.3) is 0 Å². The van der Waals surface area contributed by atoms with E-state index in [1.807, 2.05) is 0 Å². The zero-order valence-electron chi connectivity index (χ0n) is 14.2. The van der Waals surface area contributed by atoms with Gasteiger partial charge in [-0.1, -0.05) is 0 Å². The lowest BCUT2D eigenvalue weighted by Crippen LogP contribution is -2.27. The van der Waals surface area contributed by atoms with Crippen molar-refractivity contribution >= 4 is 38.9 Å². The maximum atomic E-state index is 15.2. The Bertz CT molecular complexity index is 974. The molecule has 4 rings (SSSR count). The highest BCUT2D eigenvalue weighted by Crippen LogP contribution is 2.44. The zero-order valence-corrected chi connectivity index (χ0v) is 16.5. The van der Waals surface area contributed by atoms with Crippen LogP contribution in [-0.2, 0) is 13.0 Å². The van der Waals surface area contributed by atoms with Gasteiger partial charge in [0.2, 0.25) is 5.28 Å². The first-order valence-corrected chi connectivity index (χ1v) is 9.66. The number of hydrogen-bond donors (Lipinski definition) is 2. The Hall–Kier alpha value is -1.71. The Balaban J connectivity index is 1.65. The standard InChI is InChI=1S/C17H17BrClF2N5O/c18-14-11(6-9(22)7-17(21)3-4-17)12(20)13-15(24-16(19)25-26(13)14)23-8-10-2-1-5-27-10/h1-2,5,9H,3-4,6-8,22H2,(H,23,24,25)/t9-/m1/s1. The molecule has 0 aromatic carbocycles. The van der Waals surface area contributed by atoms with Crippen LogP contribution < -0.4 is 11.1 Å². The van der Waals surface area contributed by atoms with E-state index >= 15 is 4.39 Å². The number of aromatic nitrogens is 3. The Morgan fingerprint density at radius 1 is 1.48 bits per heavy atom. The van der Waals surface area contributed by atoms with E-state index < -0.39 is 17.5 Å². The molecule has 3 heterocycles. The molecule has 0 aliphatic heterocycles. The predicted molar refractivity (Wildman–Crippen MR) is 101 cm³/mol. The van der Waals surface area contributed by atoms with E-state index in [1.165, 1.54) is 4.52 Å². The molecule has 3 aromatic heterocycles. The monoisotopic (exact) mass is 459 g/mol. The summed E-state index contributed by atoms with van der Waals surface area (Å²) in [5, 5.41) is 7.03. The fraction of sp³-hybridized carbons (Fsp3) is 0.412. The number of nitrogens with two attached hydrogens (primary N) is 1. The second-order valence-electron chi connectivity index (χ2n) is 6.83. The van der Waals surface area contributed by atoms with Crippen LogP contribution in [0, 0.1) is 5.82 Å². The van der Waals surface area contributed by atoms with Gasteiger partial charge in [-0.25, -0.2) is 13.3 Å². The number of fused-ring (bicyclic) bond motifs is 1. The molecule has 3 N–H and O–H groups in total. The molecule has 1 aliphatic rings. The number of halogens is 4. The highest BCUT2D eigenvalue weighted by molar-refractivity contribution is 9.10. The third kappa shape index (κ3) is 3.81. The first kappa shape index (κ1) is 18.6. The van der Waals surface area contributed by atoms with Gasteiger partial charge in [-0.2, -0.15) is 4.98 Å². The van der Waals surface area contributed by atoms with Crippen LogP contribution in [0.3, 0.4) is 0 Å². The van der Waals surface area contributed by atoms with Gasteiger partial charge in [-0.3, -0.25) is 0 Å². The summed E-state index contributed by atoms with van der Waals surface area (Å²) < 4.78 is 36.1. The molecular formula is C17H17BrClF2N5O. The van der Waals surface area contributed by atoms with Crippen molar-refractivity contribution in [2.45, 2.75) is 43.9 Å². The summed E-state index contributed by atoms with van der Waals surface area (Å²) in [5.74, 6) is 0.377. The molecule has 10 heteroatoms. The van der Waals surface area contributed by atoms with Crippen molar-refractivity contribution in [2.75, 3.05) is 5.32 Å². The number of rotatable bonds is 7. The summed E-state index contributed by atoms with van der Waals surface area (Å²) in [6.07, 6.45) is 2.97. The van der Waals surface area contributed by atoms with E-state index in [9.17, 15) is 4.39 Å². The molecule has 144 valence electrons. The molecule has 0 unspecified atom stereocenters. The molecule has 6 nitrogen and oxygen atoms in total. The number of hydrogen-bond acceptors (Lipinski definition) is 5. The minimum Gasteiger partial charge on any atom is -0.467 e. The number of furan rings is 1. The lowest BCUT2D eigenvalue weighted by molar-refractivity contribution is 0.269. The lowest BCUT2D eigenvalue weighted by atomic mass is 10.0. The molecule has 0 spiro atoms. The van der Waals surface area contributed by atoms with Gasteiger partial charge in [-0.15, -0.1) is 5.10 Å². The van der Waals surface area contributed by atoms with Crippen molar-refractivity contribution in [1.82, 2.24) is 14.6 Å². The first-order valence-electron chi connectivity index (χ1n) is 8.49. The Kier molecular flexibility index (Phi) is 4.85. The summed E-state index contributed by atoms with van der Waals surface area (Å²) >= 11 is 9.36. The molecule has 1 fully saturated rings. The summed E-state index contributed by atoms with van der Waals surface area (Å²) in [7, 11) is 0. The first-order chi connectivity index (χ1) is 12.9. The van der Waals surface area contributed by atoms with E-state index in [2.05, 4.69) is 31.3 Å². The van der Waals surface area contributed by atoms with Gasteiger partial charge in [-0.05, 0) is 65.3 Å². The average Bonchev–Trinajstić information content (AvgIpc) is 3.04. The second-order valence-corrected chi connectivity index (χ2v) is 7.91. The molecule has 0 saturated heterocycles. The highest BCUT2D eigenvalue weighted by atomic mass is 79.9. The van der Waals surface area contributed by atoms with Crippen LogP contribution in [0.4, 0.5) is 14.6 Å². The van der Waals surface area contributed by atoms with E-state index in [4.69, 9.17) is 21.8 Å². The fourth-order valence-corrected chi connectivity index (χ4v) is 3.88. The third-order valence-electron chi connectivity index (χ3n) is 4.63. The second kappa shape index (κ2) is 7.03. The third-order valence-corrected chi connectivity index (χ3v) is 5.60. The highest BCUT2D eigenvalue weighted by Gasteiger charge is 2.44. The number of alkyl halides is 1. The zero-order chi connectivity index (χ0) is 19.2. The smallest absolute Gasteiger partial charge is 0.243 e. The summed E-state index contributed by atoms with van der Waals surface area (Å²) in [4.78, 5) is 4.09. The normalized spacial score (nSPS) is 16.6. The molecule has 1 aliphatic carbocycles. The van der Waals surface area contributed by atoms with Crippen molar-refractivity contribution in [3.63, 3.8) is 0 Å². The van der Waals surface area contributed by atoms with E-state index in [0.717, 1.165) is 0 Å². The summed E-state index contributed by atoms with van der Waals surface area (Å²) in [5.41, 5.74) is 5.33. The van der Waals surface area contributed by atoms with Crippen LogP contribution in [-0.4, -0.2) is 26.3 Å². The number of nitrogens with zero attached hydrogens (tertiary/aromatic N) is 3. The Morgan fingerprint density at radius 3 is 2.93 bits per heavy atom. The van der Waals surface area contributed by atoms with Crippen molar-refractivity contribution in [2.24, 2.45) is 5.73 Å². The van der Waals surface area contributed by atoms with Gasteiger partial charge in [0.15, 0.2) is 11.6 Å². The summed E-state index contributed by atoms with van der Waals surface area (Å²) in [6, 6.07) is 3.04. The predicted octanol–water partition coefficient (Wildman–Crippen LogP) is 4.25. The maximum Gasteiger partial charge on any atom is 0.243 e. The van der Waals surface area contributed by atoms with Crippen LogP contribution >= 0.6 is 27.5 Å². The van der Waals surface area contributed by atoms with Crippen LogP contribution in [0.1, 0.15) is 30.6 Å². The number of nitrogens with one attached hydrogen (secondary N) is 1. The lowest BCUT2D eigenvalue weighted by Gasteiger charge is -2.13. The molecular weight excluding hydrogens is 444 g/mol. The minimum absolute atomic E-state index is 0.0447. The van der Waals surface area contributed by atoms with Crippen molar-refractivity contribution in [3.8, 4) is 0 Å². The van der Waals surface area contributed by atoms with Crippen LogP contribution in [0.2, 0.25) is 5.28 Å². The Labute approximate surface area is 167 Å². The van der Waals surface area contributed by atoms with Gasteiger partial charge in [0, 0.05) is 11.6 Å². The molecule has 1 atom stereocenters. The summed E-state index contributed by atoms with van der Waals surface area (Å²) in [6.45, 7) is 0.303. The van der Waals surface area contributed by atoms with Crippen molar-refractivity contribution < 1.29 is 13.2 Å². The van der Waals surface area contributed by atoms with Crippen molar-refractivity contribution in [1.29, 1.82) is 0 Å². The molecule has 0 bridgehead atoms. The molecule has 1 saturated carbocycles. The van der Waals surface area contributed by atoms with Gasteiger partial charge < -0.3 is 15.5 Å². The maximum absolute atomic E-state index is 15.2. The molecule has 0 radical (unpaired) electrons. The van der Waals surface area contributed by atoms with E-state index in [0.29, 0.717) is 35.3 Å². The molecule has 27 heavy (non-hydrogen) atoms. The van der Waals surface area contributed by atoms with Crippen LogP contribution in [0.25, 0.3) is 5.52 Å². The van der Waals surface area contributed by atoms with Gasteiger partial charge >= 0.3 is 0 Å². The quantitative estimate of drug-likeness (QED) is 0.551. The molecule has 3 aromatic rings. The average molecular weight is 461 g/mol. The van der Waals surface area contributed by atoms with Gasteiger partial charge in [0.05, 0.1) is 12.8 Å². The van der Waals surface area contributed by atoms with Gasteiger partial charge in [0.1, 0.15) is 21.5 Å². The van der Waals surface area contributed by atoms with Crippen LogP contribution in [0.5, 0.6) is 0 Å². The SMILES string of the molecule is N[C@H](Cc1c(F)c2c(NCc3ccco3)nc(Cl)nn2c1Br)CC1(F)CC1. The van der Waals surface area contributed by atoms with Crippen LogP contribution in [0.15, 0.2) is 27.4 Å². The largest absolute Gasteiger partial charge is 0.467 e. The topological polar surface area (TPSA) is 81.4 Å².